The molecular weight excluding hydrogens is 373 g/mol. The minimum absolute atomic E-state index is 0.0919. The maximum absolute atomic E-state index is 13.8. The van der Waals surface area contributed by atoms with Crippen molar-refractivity contribution in [3.63, 3.8) is 0 Å². The molecule has 0 aliphatic carbocycles. The van der Waals surface area contributed by atoms with Gasteiger partial charge in [0.1, 0.15) is 12.4 Å². The molecule has 0 radical (unpaired) electrons. The maximum atomic E-state index is 13.8. The molecule has 2 heterocycles. The van der Waals surface area contributed by atoms with E-state index in [1.54, 1.807) is 23.6 Å². The molecule has 0 aliphatic heterocycles. The third-order valence-electron chi connectivity index (χ3n) is 4.63. The van der Waals surface area contributed by atoms with Crippen LogP contribution in [0, 0.1) is 19.7 Å². The Morgan fingerprint density at radius 1 is 1.10 bits per heavy atom. The van der Waals surface area contributed by atoms with E-state index in [0.717, 1.165) is 11.1 Å². The number of carbonyl (C=O) groups excluding carboxylic acids is 1. The first-order valence-electron chi connectivity index (χ1n) is 9.01. The second-order valence-electron chi connectivity index (χ2n) is 6.70. The molecule has 0 atom stereocenters. The SMILES string of the molecule is Cc1ccccc1-c1nc2n(CC(=O)Nc3ccccc3F)c(C)cc(=O)n2n1. The topological polar surface area (TPSA) is 81.3 Å². The van der Waals surface area contributed by atoms with Crippen LogP contribution in [-0.2, 0) is 11.3 Å². The zero-order valence-corrected chi connectivity index (χ0v) is 15.9. The van der Waals surface area contributed by atoms with E-state index in [4.69, 9.17) is 0 Å². The van der Waals surface area contributed by atoms with Crippen molar-refractivity contribution in [1.29, 1.82) is 0 Å². The molecular formula is C21H18FN5O2. The highest BCUT2D eigenvalue weighted by Gasteiger charge is 2.17. The summed E-state index contributed by atoms with van der Waals surface area (Å²) in [4.78, 5) is 29.4. The number of amides is 1. The number of hydrogen-bond donors (Lipinski definition) is 1. The molecule has 4 rings (SSSR count). The summed E-state index contributed by atoms with van der Waals surface area (Å²) in [5, 5.41) is 6.87. The summed E-state index contributed by atoms with van der Waals surface area (Å²) in [5.74, 6) is -0.317. The fraction of sp³-hybridized carbons (Fsp3) is 0.143. The summed E-state index contributed by atoms with van der Waals surface area (Å²) in [6, 6.07) is 14.9. The van der Waals surface area contributed by atoms with Crippen molar-refractivity contribution in [3.8, 4) is 11.4 Å². The molecule has 2 aromatic carbocycles. The number of aromatic nitrogens is 4. The first-order valence-corrected chi connectivity index (χ1v) is 9.01. The monoisotopic (exact) mass is 391 g/mol. The van der Waals surface area contributed by atoms with Crippen LogP contribution in [0.15, 0.2) is 59.4 Å². The molecule has 2 aromatic heterocycles. The molecule has 0 bridgehead atoms. The zero-order valence-electron chi connectivity index (χ0n) is 15.9. The van der Waals surface area contributed by atoms with Gasteiger partial charge >= 0.3 is 0 Å². The van der Waals surface area contributed by atoms with E-state index in [-0.39, 0.29) is 23.6 Å². The van der Waals surface area contributed by atoms with Crippen LogP contribution in [0.5, 0.6) is 0 Å². The fourth-order valence-corrected chi connectivity index (χ4v) is 3.13. The maximum Gasteiger partial charge on any atom is 0.275 e. The molecule has 8 heteroatoms. The van der Waals surface area contributed by atoms with Gasteiger partial charge in [-0.2, -0.15) is 9.50 Å². The first kappa shape index (κ1) is 18.5. The first-order chi connectivity index (χ1) is 13.9. The summed E-state index contributed by atoms with van der Waals surface area (Å²) in [6.07, 6.45) is 0. The summed E-state index contributed by atoms with van der Waals surface area (Å²) in [6.45, 7) is 3.50. The second kappa shape index (κ2) is 7.31. The number of anilines is 1. The van der Waals surface area contributed by atoms with Crippen molar-refractivity contribution >= 4 is 17.4 Å². The molecule has 0 fully saturated rings. The van der Waals surface area contributed by atoms with E-state index in [1.165, 1.54) is 22.7 Å². The van der Waals surface area contributed by atoms with E-state index >= 15 is 0 Å². The van der Waals surface area contributed by atoms with Crippen LogP contribution in [0.2, 0.25) is 0 Å². The number of nitrogens with one attached hydrogen (secondary N) is 1. The Kier molecular flexibility index (Phi) is 4.67. The molecule has 0 unspecified atom stereocenters. The molecule has 0 saturated carbocycles. The predicted octanol–water partition coefficient (Wildman–Crippen LogP) is 2.95. The lowest BCUT2D eigenvalue weighted by molar-refractivity contribution is -0.116. The number of rotatable bonds is 4. The van der Waals surface area contributed by atoms with Crippen molar-refractivity contribution in [3.05, 3.63) is 82.0 Å². The van der Waals surface area contributed by atoms with E-state index in [1.807, 2.05) is 31.2 Å². The Morgan fingerprint density at radius 3 is 2.59 bits per heavy atom. The lowest BCUT2D eigenvalue weighted by atomic mass is 10.1. The van der Waals surface area contributed by atoms with Crippen LogP contribution in [0.25, 0.3) is 17.2 Å². The summed E-state index contributed by atoms with van der Waals surface area (Å²) < 4.78 is 16.6. The molecule has 0 saturated heterocycles. The Labute approximate surface area is 165 Å². The van der Waals surface area contributed by atoms with E-state index in [9.17, 15) is 14.0 Å². The van der Waals surface area contributed by atoms with Crippen LogP contribution < -0.4 is 10.9 Å². The number of halogens is 1. The molecule has 29 heavy (non-hydrogen) atoms. The highest BCUT2D eigenvalue weighted by molar-refractivity contribution is 5.91. The van der Waals surface area contributed by atoms with Gasteiger partial charge in [0.15, 0.2) is 5.82 Å². The van der Waals surface area contributed by atoms with Crippen LogP contribution in [0.3, 0.4) is 0 Å². The summed E-state index contributed by atoms with van der Waals surface area (Å²) in [7, 11) is 0. The molecule has 0 aliphatic rings. The standard InChI is InChI=1S/C21H18FN5O2/c1-13-7-3-4-8-15(13)20-24-21-26(14(2)11-19(29)27(21)25-20)12-18(28)23-17-10-6-5-9-16(17)22/h3-11H,12H2,1-2H3,(H,23,28). The Morgan fingerprint density at radius 2 is 1.83 bits per heavy atom. The van der Waals surface area contributed by atoms with Gasteiger partial charge in [0.25, 0.3) is 5.56 Å². The normalized spacial score (nSPS) is 11.0. The summed E-state index contributed by atoms with van der Waals surface area (Å²) >= 11 is 0. The van der Waals surface area contributed by atoms with Crippen molar-refractivity contribution in [2.24, 2.45) is 0 Å². The van der Waals surface area contributed by atoms with Gasteiger partial charge in [-0.15, -0.1) is 5.10 Å². The molecule has 0 spiro atoms. The smallest absolute Gasteiger partial charge is 0.275 e. The van der Waals surface area contributed by atoms with Crippen molar-refractivity contribution in [1.82, 2.24) is 19.2 Å². The number of hydrogen-bond acceptors (Lipinski definition) is 4. The summed E-state index contributed by atoms with van der Waals surface area (Å²) in [5.41, 5.74) is 2.08. The van der Waals surface area contributed by atoms with Crippen molar-refractivity contribution in [2.75, 3.05) is 5.32 Å². The highest BCUT2D eigenvalue weighted by atomic mass is 19.1. The van der Waals surface area contributed by atoms with Crippen LogP contribution >= 0.6 is 0 Å². The van der Waals surface area contributed by atoms with Crippen molar-refractivity contribution < 1.29 is 9.18 Å². The molecule has 146 valence electrons. The number of carbonyl (C=O) groups is 1. The number of para-hydroxylation sites is 1. The van der Waals surface area contributed by atoms with Gasteiger partial charge in [-0.1, -0.05) is 36.4 Å². The number of nitrogens with zero attached hydrogens (tertiary/aromatic N) is 4. The Balaban J connectivity index is 1.74. The Hall–Kier alpha value is -3.81. The average molecular weight is 391 g/mol. The van der Waals surface area contributed by atoms with Gasteiger partial charge in [0.2, 0.25) is 11.7 Å². The van der Waals surface area contributed by atoms with Gasteiger partial charge in [-0.05, 0) is 31.5 Å². The highest BCUT2D eigenvalue weighted by Crippen LogP contribution is 2.20. The molecule has 7 nitrogen and oxygen atoms in total. The third-order valence-corrected chi connectivity index (χ3v) is 4.63. The number of fused-ring (bicyclic) bond motifs is 1. The lowest BCUT2D eigenvalue weighted by Gasteiger charge is -2.12. The van der Waals surface area contributed by atoms with E-state index in [2.05, 4.69) is 15.4 Å². The minimum atomic E-state index is -0.521. The molecule has 1 N–H and O–H groups in total. The molecule has 4 aromatic rings. The van der Waals surface area contributed by atoms with Crippen LogP contribution in [0.1, 0.15) is 11.3 Å². The predicted molar refractivity (Wildman–Crippen MR) is 107 cm³/mol. The quantitative estimate of drug-likeness (QED) is 0.580. The van der Waals surface area contributed by atoms with Gasteiger partial charge in [-0.25, -0.2) is 4.39 Å². The van der Waals surface area contributed by atoms with Crippen molar-refractivity contribution in [2.45, 2.75) is 20.4 Å². The van der Waals surface area contributed by atoms with E-state index < -0.39 is 11.7 Å². The number of benzene rings is 2. The zero-order chi connectivity index (χ0) is 20.5. The molecule has 1 amide bonds. The average Bonchev–Trinajstić information content (AvgIpc) is 3.13. The third kappa shape index (κ3) is 3.52. The van der Waals surface area contributed by atoms with Gasteiger partial charge in [0, 0.05) is 17.3 Å². The fourth-order valence-electron chi connectivity index (χ4n) is 3.13. The van der Waals surface area contributed by atoms with Crippen LogP contribution in [-0.4, -0.2) is 25.1 Å². The van der Waals surface area contributed by atoms with E-state index in [0.29, 0.717) is 11.5 Å². The van der Waals surface area contributed by atoms with Gasteiger partial charge < -0.3 is 9.88 Å². The largest absolute Gasteiger partial charge is 0.322 e. The second-order valence-corrected chi connectivity index (χ2v) is 6.70. The lowest BCUT2D eigenvalue weighted by Crippen LogP contribution is -2.25. The van der Waals surface area contributed by atoms with Gasteiger partial charge in [0.05, 0.1) is 5.69 Å². The number of aryl methyl sites for hydroxylation is 2. The van der Waals surface area contributed by atoms with Gasteiger partial charge in [-0.3, -0.25) is 9.59 Å². The minimum Gasteiger partial charge on any atom is -0.322 e. The Bertz CT molecular complexity index is 1290. The van der Waals surface area contributed by atoms with Crippen LogP contribution in [0.4, 0.5) is 10.1 Å².